The van der Waals surface area contributed by atoms with Crippen LogP contribution in [0, 0.1) is 6.92 Å². The zero-order chi connectivity index (χ0) is 16.4. The Morgan fingerprint density at radius 1 is 1.32 bits per heavy atom. The van der Waals surface area contributed by atoms with Gasteiger partial charge in [-0.3, -0.25) is 9.59 Å². The van der Waals surface area contributed by atoms with Gasteiger partial charge in [0.05, 0.1) is 6.54 Å². The van der Waals surface area contributed by atoms with E-state index in [0.29, 0.717) is 17.0 Å². The fraction of sp³-hybridized carbons (Fsp3) is 0.267. The first kappa shape index (κ1) is 15.6. The second-order valence-electron chi connectivity index (χ2n) is 4.95. The molecule has 0 fully saturated rings. The molecule has 0 spiro atoms. The number of Topliss-reactive ketones (excluding diaryl/α,β-unsaturated/α-hetero) is 1. The number of carbonyl (C=O) groups excluding carboxylic acids is 2. The van der Waals surface area contributed by atoms with Crippen LogP contribution >= 0.6 is 0 Å². The average Bonchev–Trinajstić information content (AvgIpc) is 2.99. The van der Waals surface area contributed by atoms with Crippen molar-refractivity contribution in [1.82, 2.24) is 9.88 Å². The van der Waals surface area contributed by atoms with Gasteiger partial charge in [0, 0.05) is 18.8 Å². The minimum Gasteiger partial charge on any atom is -0.478 e. The zero-order valence-electron chi connectivity index (χ0n) is 12.5. The lowest BCUT2D eigenvalue weighted by molar-refractivity contribution is 0.0694. The van der Waals surface area contributed by atoms with Crippen molar-refractivity contribution in [1.29, 1.82) is 0 Å². The fourth-order valence-electron chi connectivity index (χ4n) is 2.08. The highest BCUT2D eigenvalue weighted by atomic mass is 16.4. The molecule has 1 amide bonds. The Morgan fingerprint density at radius 2 is 2.00 bits per heavy atom. The van der Waals surface area contributed by atoms with Gasteiger partial charge in [-0.05, 0) is 26.0 Å². The SMILES string of the molecule is CC(=O)c1cc(C(=O)NCc2cc(C(=O)O)c(C)o2)n(C)c1. The number of carboxylic acids is 1. The Hall–Kier alpha value is -2.83. The van der Waals surface area contributed by atoms with E-state index < -0.39 is 5.97 Å². The Kier molecular flexibility index (Phi) is 4.16. The first-order chi connectivity index (χ1) is 10.3. The molecule has 2 rings (SSSR count). The molecule has 7 nitrogen and oxygen atoms in total. The molecule has 0 aliphatic rings. The highest BCUT2D eigenvalue weighted by Gasteiger charge is 2.16. The Bertz CT molecular complexity index is 754. The molecule has 22 heavy (non-hydrogen) atoms. The highest BCUT2D eigenvalue weighted by Crippen LogP contribution is 2.15. The first-order valence-electron chi connectivity index (χ1n) is 6.57. The van der Waals surface area contributed by atoms with Crippen LogP contribution in [-0.4, -0.2) is 27.3 Å². The number of aromatic carboxylic acids is 1. The number of nitrogens with one attached hydrogen (secondary N) is 1. The zero-order valence-corrected chi connectivity index (χ0v) is 12.5. The van der Waals surface area contributed by atoms with Gasteiger partial charge < -0.3 is 19.4 Å². The van der Waals surface area contributed by atoms with Crippen molar-refractivity contribution in [3.63, 3.8) is 0 Å². The number of aromatic nitrogens is 1. The molecule has 0 atom stereocenters. The summed E-state index contributed by atoms with van der Waals surface area (Å²) in [5.41, 5.74) is 0.864. The summed E-state index contributed by atoms with van der Waals surface area (Å²) in [6, 6.07) is 2.89. The molecule has 0 aliphatic heterocycles. The molecule has 0 saturated heterocycles. The normalized spacial score (nSPS) is 10.5. The molecule has 0 bridgehead atoms. The maximum atomic E-state index is 12.1. The summed E-state index contributed by atoms with van der Waals surface area (Å²) in [7, 11) is 1.67. The molecule has 0 saturated carbocycles. The van der Waals surface area contributed by atoms with E-state index in [1.165, 1.54) is 19.1 Å². The number of amides is 1. The molecule has 2 aromatic heterocycles. The topological polar surface area (TPSA) is 102 Å². The molecule has 116 valence electrons. The number of hydrogen-bond donors (Lipinski definition) is 2. The highest BCUT2D eigenvalue weighted by molar-refractivity contribution is 5.99. The van der Waals surface area contributed by atoms with Gasteiger partial charge in [-0.15, -0.1) is 0 Å². The fourth-order valence-corrected chi connectivity index (χ4v) is 2.08. The van der Waals surface area contributed by atoms with Crippen LogP contribution in [0.1, 0.15) is 49.6 Å². The number of hydrogen-bond acceptors (Lipinski definition) is 4. The molecule has 0 aliphatic carbocycles. The van der Waals surface area contributed by atoms with Crippen LogP contribution in [0.25, 0.3) is 0 Å². The van der Waals surface area contributed by atoms with E-state index in [0.717, 1.165) is 0 Å². The number of rotatable bonds is 5. The summed E-state index contributed by atoms with van der Waals surface area (Å²) in [6.45, 7) is 3.04. The minimum absolute atomic E-state index is 0.0630. The lowest BCUT2D eigenvalue weighted by Crippen LogP contribution is -2.24. The lowest BCUT2D eigenvalue weighted by Gasteiger charge is -2.04. The predicted octanol–water partition coefficient (Wildman–Crippen LogP) is 1.76. The van der Waals surface area contributed by atoms with Crippen molar-refractivity contribution in [2.45, 2.75) is 20.4 Å². The van der Waals surface area contributed by atoms with Gasteiger partial charge in [-0.25, -0.2) is 4.79 Å². The Labute approximate surface area is 126 Å². The van der Waals surface area contributed by atoms with Crippen LogP contribution in [0.3, 0.4) is 0 Å². The van der Waals surface area contributed by atoms with Gasteiger partial charge in [-0.2, -0.15) is 0 Å². The van der Waals surface area contributed by atoms with Crippen LogP contribution in [0.2, 0.25) is 0 Å². The maximum absolute atomic E-state index is 12.1. The lowest BCUT2D eigenvalue weighted by atomic mass is 10.2. The number of carbonyl (C=O) groups is 3. The van der Waals surface area contributed by atoms with Crippen LogP contribution in [0.5, 0.6) is 0 Å². The number of aryl methyl sites for hydroxylation is 2. The van der Waals surface area contributed by atoms with Crippen LogP contribution in [-0.2, 0) is 13.6 Å². The molecule has 7 heteroatoms. The Morgan fingerprint density at radius 3 is 2.50 bits per heavy atom. The van der Waals surface area contributed by atoms with Crippen LogP contribution in [0.15, 0.2) is 22.7 Å². The van der Waals surface area contributed by atoms with Gasteiger partial charge in [0.25, 0.3) is 5.91 Å². The standard InChI is InChI=1S/C15H16N2O5/c1-8(18)10-4-13(17(3)7-10)14(19)16-6-11-5-12(15(20)21)9(2)22-11/h4-5,7H,6H2,1-3H3,(H,16,19)(H,20,21). The van der Waals surface area contributed by atoms with Crippen molar-refractivity contribution in [2.75, 3.05) is 0 Å². The van der Waals surface area contributed by atoms with E-state index in [2.05, 4.69) is 5.32 Å². The van der Waals surface area contributed by atoms with E-state index in [9.17, 15) is 14.4 Å². The maximum Gasteiger partial charge on any atom is 0.339 e. The summed E-state index contributed by atoms with van der Waals surface area (Å²) >= 11 is 0. The van der Waals surface area contributed by atoms with Gasteiger partial charge in [-0.1, -0.05) is 0 Å². The first-order valence-corrected chi connectivity index (χ1v) is 6.57. The second kappa shape index (κ2) is 5.88. The van der Waals surface area contributed by atoms with E-state index >= 15 is 0 Å². The largest absolute Gasteiger partial charge is 0.478 e. The van der Waals surface area contributed by atoms with E-state index in [1.807, 2.05) is 0 Å². The van der Waals surface area contributed by atoms with Crippen LogP contribution in [0.4, 0.5) is 0 Å². The van der Waals surface area contributed by atoms with Crippen molar-refractivity contribution >= 4 is 17.7 Å². The number of carboxylic acid groups (broad SMARTS) is 1. The second-order valence-corrected chi connectivity index (χ2v) is 4.95. The third-order valence-corrected chi connectivity index (χ3v) is 3.27. The Balaban J connectivity index is 2.08. The van der Waals surface area contributed by atoms with Gasteiger partial charge in [0.2, 0.25) is 0 Å². The summed E-state index contributed by atoms with van der Waals surface area (Å²) in [5.74, 6) is -0.936. The van der Waals surface area contributed by atoms with Crippen molar-refractivity contribution < 1.29 is 23.9 Å². The number of ketones is 1. The predicted molar refractivity (Wildman–Crippen MR) is 77.0 cm³/mol. The third kappa shape index (κ3) is 3.08. The minimum atomic E-state index is -1.08. The molecular formula is C15H16N2O5. The van der Waals surface area contributed by atoms with Gasteiger partial charge in [0.15, 0.2) is 5.78 Å². The van der Waals surface area contributed by atoms with E-state index in [4.69, 9.17) is 9.52 Å². The summed E-state index contributed by atoms with van der Waals surface area (Å²) < 4.78 is 6.84. The van der Waals surface area contributed by atoms with Gasteiger partial charge in [0.1, 0.15) is 22.8 Å². The monoisotopic (exact) mass is 304 g/mol. The molecule has 0 aromatic carbocycles. The average molecular weight is 304 g/mol. The molecule has 0 unspecified atom stereocenters. The van der Waals surface area contributed by atoms with Crippen LogP contribution < -0.4 is 5.32 Å². The molecule has 2 N–H and O–H groups in total. The van der Waals surface area contributed by atoms with E-state index in [-0.39, 0.29) is 29.6 Å². The van der Waals surface area contributed by atoms with E-state index in [1.54, 1.807) is 24.7 Å². The molecule has 2 aromatic rings. The molecular weight excluding hydrogens is 288 g/mol. The number of nitrogens with zero attached hydrogens (tertiary/aromatic N) is 1. The summed E-state index contributed by atoms with van der Waals surface area (Å²) in [5, 5.41) is 11.6. The summed E-state index contributed by atoms with van der Waals surface area (Å²) in [4.78, 5) is 34.3. The van der Waals surface area contributed by atoms with Gasteiger partial charge >= 0.3 is 5.97 Å². The number of furan rings is 1. The quantitative estimate of drug-likeness (QED) is 0.819. The third-order valence-electron chi connectivity index (χ3n) is 3.27. The van der Waals surface area contributed by atoms with Crippen molar-refractivity contribution in [2.24, 2.45) is 7.05 Å². The smallest absolute Gasteiger partial charge is 0.339 e. The van der Waals surface area contributed by atoms with Crippen molar-refractivity contribution in [3.05, 3.63) is 46.7 Å². The molecule has 0 radical (unpaired) electrons. The van der Waals surface area contributed by atoms with Crippen molar-refractivity contribution in [3.8, 4) is 0 Å². The molecule has 2 heterocycles. The summed E-state index contributed by atoms with van der Waals surface area (Å²) in [6.07, 6.45) is 1.58.